The lowest BCUT2D eigenvalue weighted by molar-refractivity contribution is -0.388. The van der Waals surface area contributed by atoms with Crippen molar-refractivity contribution in [3.8, 4) is 0 Å². The topological polar surface area (TPSA) is 77.3 Å². The minimum absolute atomic E-state index is 0.0999. The first kappa shape index (κ1) is 12.4. The van der Waals surface area contributed by atoms with Crippen LogP contribution in [0.2, 0.25) is 0 Å². The zero-order chi connectivity index (χ0) is 12.0. The van der Waals surface area contributed by atoms with Gasteiger partial charge in [-0.1, -0.05) is 0 Å². The summed E-state index contributed by atoms with van der Waals surface area (Å²) in [5.41, 5.74) is 0.441. The van der Waals surface area contributed by atoms with Gasteiger partial charge in [0, 0.05) is 19.8 Å². The summed E-state index contributed by atoms with van der Waals surface area (Å²) >= 11 is 0. The van der Waals surface area contributed by atoms with Gasteiger partial charge in [0.25, 0.3) is 0 Å². The van der Waals surface area contributed by atoms with Crippen LogP contribution in [0.1, 0.15) is 13.3 Å². The molecule has 1 unspecified atom stereocenters. The Morgan fingerprint density at radius 3 is 3.06 bits per heavy atom. The molecular weight excluding hydrogens is 210 g/mol. The molecule has 88 valence electrons. The summed E-state index contributed by atoms with van der Waals surface area (Å²) in [4.78, 5) is 13.9. The zero-order valence-electron chi connectivity index (χ0n) is 9.34. The van der Waals surface area contributed by atoms with E-state index in [2.05, 4.69) is 10.3 Å². The first-order valence-corrected chi connectivity index (χ1v) is 5.00. The van der Waals surface area contributed by atoms with Gasteiger partial charge in [0.15, 0.2) is 0 Å². The minimum Gasteiger partial charge on any atom is -0.385 e. The van der Waals surface area contributed by atoms with E-state index in [9.17, 15) is 10.1 Å². The van der Waals surface area contributed by atoms with E-state index in [1.54, 1.807) is 19.2 Å². The van der Waals surface area contributed by atoms with Crippen molar-refractivity contribution in [3.05, 3.63) is 28.4 Å². The zero-order valence-corrected chi connectivity index (χ0v) is 9.34. The number of nitro groups is 1. The Kier molecular flexibility index (Phi) is 4.65. The van der Waals surface area contributed by atoms with Crippen LogP contribution in [0, 0.1) is 10.1 Å². The van der Waals surface area contributed by atoms with Crippen LogP contribution in [0.25, 0.3) is 0 Å². The molecule has 0 amide bonds. The summed E-state index contributed by atoms with van der Waals surface area (Å²) in [6.07, 6.45) is 2.19. The highest BCUT2D eigenvalue weighted by Gasteiger charge is 2.15. The highest BCUT2D eigenvalue weighted by Crippen LogP contribution is 2.21. The number of aromatic nitrogens is 1. The number of ether oxygens (including phenoxy) is 1. The number of hydrogen-bond donors (Lipinski definition) is 1. The maximum atomic E-state index is 10.7. The predicted molar refractivity (Wildman–Crippen MR) is 60.5 cm³/mol. The van der Waals surface area contributed by atoms with Crippen molar-refractivity contribution in [2.24, 2.45) is 0 Å². The fourth-order valence-corrected chi connectivity index (χ4v) is 1.29. The number of nitrogens with one attached hydrogen (secondary N) is 1. The normalized spacial score (nSPS) is 12.1. The van der Waals surface area contributed by atoms with Gasteiger partial charge >= 0.3 is 5.82 Å². The third-order valence-electron chi connectivity index (χ3n) is 2.12. The van der Waals surface area contributed by atoms with Crippen LogP contribution >= 0.6 is 0 Å². The first-order valence-electron chi connectivity index (χ1n) is 5.00. The molecule has 0 aliphatic rings. The Balaban J connectivity index is 2.69. The largest absolute Gasteiger partial charge is 0.386 e. The molecule has 1 atom stereocenters. The highest BCUT2D eigenvalue weighted by molar-refractivity contribution is 5.56. The van der Waals surface area contributed by atoms with Gasteiger partial charge in [-0.25, -0.2) is 0 Å². The molecule has 0 spiro atoms. The lowest BCUT2D eigenvalue weighted by Gasteiger charge is -2.13. The van der Waals surface area contributed by atoms with E-state index in [0.717, 1.165) is 6.42 Å². The van der Waals surface area contributed by atoms with Gasteiger partial charge in [-0.05, 0) is 35.4 Å². The Morgan fingerprint density at radius 1 is 1.69 bits per heavy atom. The van der Waals surface area contributed by atoms with E-state index in [4.69, 9.17) is 4.74 Å². The number of nitrogens with zero attached hydrogens (tertiary/aromatic N) is 2. The molecule has 0 saturated heterocycles. The predicted octanol–water partition coefficient (Wildman–Crippen LogP) is 1.83. The summed E-state index contributed by atoms with van der Waals surface area (Å²) in [5.74, 6) is -0.147. The molecule has 1 rings (SSSR count). The molecule has 1 N–H and O–H groups in total. The summed E-state index contributed by atoms with van der Waals surface area (Å²) in [5, 5.41) is 13.7. The van der Waals surface area contributed by atoms with Crippen molar-refractivity contribution in [1.82, 2.24) is 4.98 Å². The third-order valence-corrected chi connectivity index (χ3v) is 2.12. The van der Waals surface area contributed by atoms with Gasteiger partial charge < -0.3 is 20.2 Å². The monoisotopic (exact) mass is 225 g/mol. The SMILES string of the molecule is COCCC(C)Nc1cccnc1[N+](=O)[O-]. The number of methoxy groups -OCH3 is 1. The van der Waals surface area contributed by atoms with Gasteiger partial charge in [0.2, 0.25) is 0 Å². The Bertz CT molecular complexity index is 357. The van der Waals surface area contributed by atoms with E-state index in [0.29, 0.717) is 12.3 Å². The van der Waals surface area contributed by atoms with Gasteiger partial charge in [-0.3, -0.25) is 0 Å². The standard InChI is InChI=1S/C10H15N3O3/c1-8(5-7-16-2)12-9-4-3-6-11-10(9)13(14)15/h3-4,6,8,12H,5,7H2,1-2H3. The second-order valence-electron chi connectivity index (χ2n) is 3.46. The van der Waals surface area contributed by atoms with Crippen molar-refractivity contribution in [1.29, 1.82) is 0 Å². The average molecular weight is 225 g/mol. The smallest absolute Gasteiger partial charge is 0.385 e. The van der Waals surface area contributed by atoms with Crippen LogP contribution < -0.4 is 5.32 Å². The van der Waals surface area contributed by atoms with E-state index >= 15 is 0 Å². The van der Waals surface area contributed by atoms with Crippen LogP contribution in [-0.4, -0.2) is 29.7 Å². The van der Waals surface area contributed by atoms with E-state index in [1.807, 2.05) is 6.92 Å². The number of anilines is 1. The molecule has 6 heteroatoms. The second kappa shape index (κ2) is 6.02. The van der Waals surface area contributed by atoms with Crippen molar-refractivity contribution in [2.45, 2.75) is 19.4 Å². The molecule has 16 heavy (non-hydrogen) atoms. The van der Waals surface area contributed by atoms with Crippen LogP contribution in [0.5, 0.6) is 0 Å². The number of rotatable bonds is 6. The van der Waals surface area contributed by atoms with Gasteiger partial charge in [0.05, 0.1) is 0 Å². The summed E-state index contributed by atoms with van der Waals surface area (Å²) < 4.78 is 4.94. The van der Waals surface area contributed by atoms with Gasteiger partial charge in [-0.15, -0.1) is 0 Å². The fourth-order valence-electron chi connectivity index (χ4n) is 1.29. The molecule has 1 aromatic heterocycles. The molecule has 0 saturated carbocycles. The summed E-state index contributed by atoms with van der Waals surface area (Å²) in [6, 6.07) is 3.41. The minimum atomic E-state index is -0.495. The fraction of sp³-hybridized carbons (Fsp3) is 0.500. The molecule has 6 nitrogen and oxygen atoms in total. The molecule has 1 heterocycles. The second-order valence-corrected chi connectivity index (χ2v) is 3.46. The molecule has 0 aliphatic heterocycles. The Labute approximate surface area is 93.8 Å². The maximum absolute atomic E-state index is 10.7. The first-order chi connectivity index (χ1) is 7.65. The van der Waals surface area contributed by atoms with Crippen LogP contribution in [0.15, 0.2) is 18.3 Å². The average Bonchev–Trinajstić information content (AvgIpc) is 2.27. The van der Waals surface area contributed by atoms with Crippen molar-refractivity contribution in [2.75, 3.05) is 19.0 Å². The van der Waals surface area contributed by atoms with Crippen LogP contribution in [-0.2, 0) is 4.74 Å². The lowest BCUT2D eigenvalue weighted by atomic mass is 10.2. The molecule has 1 aromatic rings. The number of pyridine rings is 1. The molecule has 0 aromatic carbocycles. The quantitative estimate of drug-likeness (QED) is 0.590. The molecule has 0 aliphatic carbocycles. The van der Waals surface area contributed by atoms with Crippen LogP contribution in [0.4, 0.5) is 11.5 Å². The molecular formula is C10H15N3O3. The van der Waals surface area contributed by atoms with Crippen molar-refractivity contribution in [3.63, 3.8) is 0 Å². The summed E-state index contributed by atoms with van der Waals surface area (Å²) in [7, 11) is 1.62. The van der Waals surface area contributed by atoms with E-state index in [-0.39, 0.29) is 11.9 Å². The molecule has 0 radical (unpaired) electrons. The van der Waals surface area contributed by atoms with Crippen LogP contribution in [0.3, 0.4) is 0 Å². The lowest BCUT2D eigenvalue weighted by Crippen LogP contribution is -2.18. The molecule has 0 bridgehead atoms. The Morgan fingerprint density at radius 2 is 2.44 bits per heavy atom. The van der Waals surface area contributed by atoms with Crippen molar-refractivity contribution < 1.29 is 9.66 Å². The van der Waals surface area contributed by atoms with E-state index < -0.39 is 4.92 Å². The van der Waals surface area contributed by atoms with Gasteiger partial charge in [0.1, 0.15) is 11.9 Å². The summed E-state index contributed by atoms with van der Waals surface area (Å²) in [6.45, 7) is 2.55. The third kappa shape index (κ3) is 3.47. The Hall–Kier alpha value is -1.69. The van der Waals surface area contributed by atoms with E-state index in [1.165, 1.54) is 6.20 Å². The molecule has 0 fully saturated rings. The highest BCUT2D eigenvalue weighted by atomic mass is 16.6. The van der Waals surface area contributed by atoms with Crippen molar-refractivity contribution >= 4 is 11.5 Å². The maximum Gasteiger partial charge on any atom is 0.386 e. The van der Waals surface area contributed by atoms with Gasteiger partial charge in [-0.2, -0.15) is 0 Å². The number of hydrogen-bond acceptors (Lipinski definition) is 5.